The molecule has 0 amide bonds. The van der Waals surface area contributed by atoms with Crippen LogP contribution in [-0.2, 0) is 6.42 Å². The van der Waals surface area contributed by atoms with Crippen LogP contribution < -0.4 is 10.5 Å². The van der Waals surface area contributed by atoms with Crippen LogP contribution in [-0.4, -0.2) is 22.7 Å². The van der Waals surface area contributed by atoms with Gasteiger partial charge in [-0.15, -0.1) is 0 Å². The van der Waals surface area contributed by atoms with Crippen molar-refractivity contribution in [2.45, 2.75) is 13.3 Å². The largest absolute Gasteiger partial charge is 0.494 e. The molecule has 86 valence electrons. The minimum absolute atomic E-state index is 0.203. The van der Waals surface area contributed by atoms with Gasteiger partial charge in [0.2, 0.25) is 0 Å². The highest BCUT2D eigenvalue weighted by Crippen LogP contribution is 2.21. The maximum Gasteiger partial charge on any atom is 0.335 e. The smallest absolute Gasteiger partial charge is 0.335 e. The van der Waals surface area contributed by atoms with E-state index < -0.39 is 5.97 Å². The van der Waals surface area contributed by atoms with Crippen LogP contribution in [0, 0.1) is 0 Å². The van der Waals surface area contributed by atoms with Crippen molar-refractivity contribution < 1.29 is 14.6 Å². The Morgan fingerprint density at radius 2 is 2.25 bits per heavy atom. The van der Waals surface area contributed by atoms with E-state index in [2.05, 4.69) is 0 Å². The number of thiocarbonyl (C=S) groups is 1. The Morgan fingerprint density at radius 1 is 1.56 bits per heavy atom. The van der Waals surface area contributed by atoms with Crippen LogP contribution in [0.1, 0.15) is 22.8 Å². The molecule has 0 spiro atoms. The minimum atomic E-state index is -0.979. The summed E-state index contributed by atoms with van der Waals surface area (Å²) in [5, 5.41) is 8.86. The first kappa shape index (κ1) is 12.4. The summed E-state index contributed by atoms with van der Waals surface area (Å²) in [6, 6.07) is 4.66. The molecule has 0 heterocycles. The molecule has 0 atom stereocenters. The molecule has 0 saturated carbocycles. The van der Waals surface area contributed by atoms with Crippen molar-refractivity contribution in [2.24, 2.45) is 5.73 Å². The number of hydrogen-bond acceptors (Lipinski definition) is 3. The summed E-state index contributed by atoms with van der Waals surface area (Å²) in [4.78, 5) is 11.1. The Balaban J connectivity index is 3.09. The lowest BCUT2D eigenvalue weighted by atomic mass is 10.1. The number of nitrogens with two attached hydrogens (primary N) is 1. The summed E-state index contributed by atoms with van der Waals surface area (Å²) in [6.45, 7) is 2.37. The van der Waals surface area contributed by atoms with E-state index in [0.717, 1.165) is 0 Å². The Labute approximate surface area is 99.0 Å². The lowest BCUT2D eigenvalue weighted by molar-refractivity contribution is 0.0696. The van der Waals surface area contributed by atoms with Gasteiger partial charge in [0.1, 0.15) is 5.75 Å². The van der Waals surface area contributed by atoms with E-state index in [4.69, 9.17) is 27.8 Å². The molecule has 0 aromatic heterocycles. The monoisotopic (exact) mass is 239 g/mol. The summed E-state index contributed by atoms with van der Waals surface area (Å²) >= 11 is 4.81. The zero-order valence-electron chi connectivity index (χ0n) is 8.90. The molecule has 0 unspecified atom stereocenters. The highest BCUT2D eigenvalue weighted by molar-refractivity contribution is 7.80. The van der Waals surface area contributed by atoms with Gasteiger partial charge in [-0.05, 0) is 25.1 Å². The van der Waals surface area contributed by atoms with E-state index in [1.54, 1.807) is 6.07 Å². The summed E-state index contributed by atoms with van der Waals surface area (Å²) < 4.78 is 5.36. The Bertz CT molecular complexity index is 418. The second kappa shape index (κ2) is 5.46. The molecule has 1 aromatic rings. The molecule has 0 aliphatic rings. The van der Waals surface area contributed by atoms with Crippen LogP contribution in [0.25, 0.3) is 0 Å². The van der Waals surface area contributed by atoms with Crippen molar-refractivity contribution in [1.82, 2.24) is 0 Å². The second-order valence-corrected chi connectivity index (χ2v) is 3.73. The Morgan fingerprint density at radius 3 is 2.75 bits per heavy atom. The van der Waals surface area contributed by atoms with Crippen LogP contribution in [0.2, 0.25) is 0 Å². The van der Waals surface area contributed by atoms with Crippen molar-refractivity contribution in [1.29, 1.82) is 0 Å². The van der Waals surface area contributed by atoms with Gasteiger partial charge in [-0.25, -0.2) is 4.79 Å². The number of hydrogen-bond donors (Lipinski definition) is 2. The molecule has 0 fully saturated rings. The van der Waals surface area contributed by atoms with Gasteiger partial charge in [0.05, 0.1) is 17.2 Å². The fourth-order valence-corrected chi connectivity index (χ4v) is 1.49. The lowest BCUT2D eigenvalue weighted by Gasteiger charge is -2.10. The number of aromatic carboxylic acids is 1. The van der Waals surface area contributed by atoms with E-state index in [1.165, 1.54) is 12.1 Å². The first-order valence-corrected chi connectivity index (χ1v) is 5.22. The summed E-state index contributed by atoms with van der Waals surface area (Å²) in [5.41, 5.74) is 6.35. The molecule has 16 heavy (non-hydrogen) atoms. The number of carboxylic acids is 1. The SMILES string of the molecule is CCOc1ccc(C(=O)O)cc1CC(N)=S. The summed E-state index contributed by atoms with van der Waals surface area (Å²) in [7, 11) is 0. The van der Waals surface area contributed by atoms with Crippen molar-refractivity contribution in [3.8, 4) is 5.75 Å². The van der Waals surface area contributed by atoms with Gasteiger partial charge < -0.3 is 15.6 Å². The number of rotatable bonds is 5. The maximum atomic E-state index is 10.8. The van der Waals surface area contributed by atoms with Crippen LogP contribution in [0.4, 0.5) is 0 Å². The van der Waals surface area contributed by atoms with E-state index in [-0.39, 0.29) is 5.56 Å². The van der Waals surface area contributed by atoms with Gasteiger partial charge in [-0.1, -0.05) is 12.2 Å². The van der Waals surface area contributed by atoms with Crippen LogP contribution >= 0.6 is 12.2 Å². The standard InChI is InChI=1S/C11H13NO3S/c1-2-15-9-4-3-7(11(13)14)5-8(9)6-10(12)16/h3-5H,2,6H2,1H3,(H2,12,16)(H,13,14). The van der Waals surface area contributed by atoms with Crippen molar-refractivity contribution in [3.63, 3.8) is 0 Å². The van der Waals surface area contributed by atoms with E-state index in [9.17, 15) is 4.79 Å². The highest BCUT2D eigenvalue weighted by Gasteiger charge is 2.09. The predicted molar refractivity (Wildman–Crippen MR) is 65.1 cm³/mol. The molecule has 1 aromatic carbocycles. The number of carbonyl (C=O) groups is 1. The number of ether oxygens (including phenoxy) is 1. The van der Waals surface area contributed by atoms with Gasteiger partial charge in [0, 0.05) is 12.0 Å². The molecule has 1 rings (SSSR count). The van der Waals surface area contributed by atoms with Gasteiger partial charge >= 0.3 is 5.97 Å². The van der Waals surface area contributed by atoms with Crippen molar-refractivity contribution >= 4 is 23.2 Å². The molecule has 0 bridgehead atoms. The third-order valence-corrected chi connectivity index (χ3v) is 2.12. The first-order chi connectivity index (χ1) is 7.54. The van der Waals surface area contributed by atoms with Gasteiger partial charge in [0.25, 0.3) is 0 Å². The first-order valence-electron chi connectivity index (χ1n) is 4.82. The molecule has 4 nitrogen and oxygen atoms in total. The van der Waals surface area contributed by atoms with Crippen LogP contribution in [0.3, 0.4) is 0 Å². The van der Waals surface area contributed by atoms with E-state index in [1.807, 2.05) is 6.92 Å². The molecule has 0 saturated heterocycles. The van der Waals surface area contributed by atoms with Gasteiger partial charge in [-0.3, -0.25) is 0 Å². The molecular formula is C11H13NO3S. The van der Waals surface area contributed by atoms with Crippen LogP contribution in [0.15, 0.2) is 18.2 Å². The third-order valence-electron chi connectivity index (χ3n) is 1.97. The number of benzene rings is 1. The van der Waals surface area contributed by atoms with E-state index >= 15 is 0 Å². The number of carboxylic acid groups (broad SMARTS) is 1. The predicted octanol–water partition coefficient (Wildman–Crippen LogP) is 1.61. The summed E-state index contributed by atoms with van der Waals surface area (Å²) in [5.74, 6) is -0.354. The average molecular weight is 239 g/mol. The fourth-order valence-electron chi connectivity index (χ4n) is 1.33. The maximum absolute atomic E-state index is 10.8. The normalized spacial score (nSPS) is 9.81. The molecule has 0 aliphatic carbocycles. The topological polar surface area (TPSA) is 72.5 Å². The van der Waals surface area contributed by atoms with Crippen molar-refractivity contribution in [3.05, 3.63) is 29.3 Å². The Kier molecular flexibility index (Phi) is 4.25. The van der Waals surface area contributed by atoms with Crippen LogP contribution in [0.5, 0.6) is 5.75 Å². The fraction of sp³-hybridized carbons (Fsp3) is 0.273. The zero-order valence-corrected chi connectivity index (χ0v) is 9.71. The molecule has 0 aliphatic heterocycles. The van der Waals surface area contributed by atoms with E-state index in [0.29, 0.717) is 29.3 Å². The average Bonchev–Trinajstić information content (AvgIpc) is 2.19. The minimum Gasteiger partial charge on any atom is -0.494 e. The van der Waals surface area contributed by atoms with Gasteiger partial charge in [-0.2, -0.15) is 0 Å². The zero-order chi connectivity index (χ0) is 12.1. The molecule has 5 heteroatoms. The lowest BCUT2D eigenvalue weighted by Crippen LogP contribution is -2.13. The molecule has 0 radical (unpaired) electrons. The highest BCUT2D eigenvalue weighted by atomic mass is 32.1. The molecule has 3 N–H and O–H groups in total. The van der Waals surface area contributed by atoms with Crippen molar-refractivity contribution in [2.75, 3.05) is 6.61 Å². The van der Waals surface area contributed by atoms with Gasteiger partial charge in [0.15, 0.2) is 0 Å². The quantitative estimate of drug-likeness (QED) is 0.764. The Hall–Kier alpha value is -1.62. The third kappa shape index (κ3) is 3.20. The molecular weight excluding hydrogens is 226 g/mol. The second-order valence-electron chi connectivity index (χ2n) is 3.20. The summed E-state index contributed by atoms with van der Waals surface area (Å²) in [6.07, 6.45) is 0.339.